The molecule has 1 amide bonds. The largest absolute Gasteiger partial charge is 0.398 e. The van der Waals surface area contributed by atoms with E-state index in [9.17, 15) is 4.79 Å². The zero-order valence-corrected chi connectivity index (χ0v) is 11.7. The summed E-state index contributed by atoms with van der Waals surface area (Å²) in [5.74, 6) is -0.207. The van der Waals surface area contributed by atoms with Crippen molar-refractivity contribution in [3.63, 3.8) is 0 Å². The Labute approximate surface area is 115 Å². The third-order valence-corrected chi connectivity index (χ3v) is 4.02. The number of hydrogen-bond acceptors (Lipinski definition) is 3. The second-order valence-corrected chi connectivity index (χ2v) is 5.40. The Morgan fingerprint density at radius 2 is 2.06 bits per heavy atom. The van der Waals surface area contributed by atoms with Crippen molar-refractivity contribution in [2.75, 3.05) is 11.1 Å². The van der Waals surface area contributed by atoms with Gasteiger partial charge in [-0.1, -0.05) is 17.7 Å². The number of benzene rings is 1. The van der Waals surface area contributed by atoms with Crippen LogP contribution in [0.3, 0.4) is 0 Å². The summed E-state index contributed by atoms with van der Waals surface area (Å²) in [6.45, 7) is 3.86. The van der Waals surface area contributed by atoms with Crippen LogP contribution in [0.1, 0.15) is 20.8 Å². The van der Waals surface area contributed by atoms with E-state index in [1.54, 1.807) is 17.5 Å². The number of anilines is 2. The molecule has 0 radical (unpaired) electrons. The molecule has 0 saturated carbocycles. The van der Waals surface area contributed by atoms with Gasteiger partial charge in [-0.2, -0.15) is 0 Å². The summed E-state index contributed by atoms with van der Waals surface area (Å²) in [6, 6.07) is 5.42. The molecule has 18 heavy (non-hydrogen) atoms. The fourth-order valence-corrected chi connectivity index (χ4v) is 2.67. The normalized spacial score (nSPS) is 10.4. The van der Waals surface area contributed by atoms with Gasteiger partial charge in [-0.25, -0.2) is 0 Å². The van der Waals surface area contributed by atoms with Gasteiger partial charge in [0.2, 0.25) is 0 Å². The minimum Gasteiger partial charge on any atom is -0.398 e. The first-order valence-electron chi connectivity index (χ1n) is 5.40. The SMILES string of the molecule is Cc1cc(C)c(NC(=O)c2sccc2Cl)cc1N. The van der Waals surface area contributed by atoms with E-state index in [1.807, 2.05) is 19.9 Å². The Hall–Kier alpha value is -1.52. The van der Waals surface area contributed by atoms with Crippen molar-refractivity contribution in [2.24, 2.45) is 0 Å². The molecule has 3 nitrogen and oxygen atoms in total. The number of aryl methyl sites for hydroxylation is 2. The summed E-state index contributed by atoms with van der Waals surface area (Å²) in [6.07, 6.45) is 0. The van der Waals surface area contributed by atoms with Gasteiger partial charge >= 0.3 is 0 Å². The summed E-state index contributed by atoms with van der Waals surface area (Å²) in [7, 11) is 0. The average molecular weight is 281 g/mol. The number of nitrogens with one attached hydrogen (secondary N) is 1. The molecule has 0 aliphatic carbocycles. The van der Waals surface area contributed by atoms with E-state index >= 15 is 0 Å². The van der Waals surface area contributed by atoms with Crippen molar-refractivity contribution in [2.45, 2.75) is 13.8 Å². The first-order valence-corrected chi connectivity index (χ1v) is 6.66. The number of nitrogens with two attached hydrogens (primary N) is 1. The maximum Gasteiger partial charge on any atom is 0.267 e. The molecule has 2 rings (SSSR count). The molecule has 0 spiro atoms. The van der Waals surface area contributed by atoms with Crippen LogP contribution < -0.4 is 11.1 Å². The molecular weight excluding hydrogens is 268 g/mol. The fraction of sp³-hybridized carbons (Fsp3) is 0.154. The van der Waals surface area contributed by atoms with Crippen molar-refractivity contribution in [3.8, 4) is 0 Å². The van der Waals surface area contributed by atoms with Crippen LogP contribution in [-0.2, 0) is 0 Å². The van der Waals surface area contributed by atoms with Crippen molar-refractivity contribution >= 4 is 40.2 Å². The molecule has 0 unspecified atom stereocenters. The number of nitrogen functional groups attached to an aromatic ring is 1. The zero-order chi connectivity index (χ0) is 13.3. The van der Waals surface area contributed by atoms with Crippen LogP contribution >= 0.6 is 22.9 Å². The third kappa shape index (κ3) is 2.49. The minimum absolute atomic E-state index is 0.207. The standard InChI is InChI=1S/C13H13ClN2OS/c1-7-5-8(2)11(6-10(7)15)16-13(17)12-9(14)3-4-18-12/h3-6H,15H2,1-2H3,(H,16,17). The molecule has 1 aromatic heterocycles. The molecule has 94 valence electrons. The Kier molecular flexibility index (Phi) is 3.59. The highest BCUT2D eigenvalue weighted by Crippen LogP contribution is 2.26. The predicted octanol–water partition coefficient (Wildman–Crippen LogP) is 3.85. The number of carbonyl (C=O) groups excluding carboxylic acids is 1. The lowest BCUT2D eigenvalue weighted by atomic mass is 10.1. The van der Waals surface area contributed by atoms with Gasteiger partial charge in [-0.3, -0.25) is 4.79 Å². The van der Waals surface area contributed by atoms with E-state index in [-0.39, 0.29) is 5.91 Å². The molecule has 0 atom stereocenters. The number of rotatable bonds is 2. The van der Waals surface area contributed by atoms with Gasteiger partial charge in [-0.15, -0.1) is 11.3 Å². The number of amides is 1. The van der Waals surface area contributed by atoms with Crippen LogP contribution in [0.25, 0.3) is 0 Å². The van der Waals surface area contributed by atoms with Crippen molar-refractivity contribution in [3.05, 3.63) is 44.6 Å². The Balaban J connectivity index is 2.28. The van der Waals surface area contributed by atoms with E-state index in [2.05, 4.69) is 5.32 Å². The van der Waals surface area contributed by atoms with Crippen LogP contribution in [-0.4, -0.2) is 5.91 Å². The molecule has 0 aliphatic rings. The molecule has 2 aromatic rings. The lowest BCUT2D eigenvalue weighted by molar-refractivity contribution is 0.103. The molecule has 1 heterocycles. The maximum absolute atomic E-state index is 12.0. The van der Waals surface area contributed by atoms with E-state index in [0.29, 0.717) is 21.3 Å². The Morgan fingerprint density at radius 3 is 2.67 bits per heavy atom. The van der Waals surface area contributed by atoms with E-state index in [1.165, 1.54) is 11.3 Å². The smallest absolute Gasteiger partial charge is 0.267 e. The van der Waals surface area contributed by atoms with Gasteiger partial charge < -0.3 is 11.1 Å². The monoisotopic (exact) mass is 280 g/mol. The zero-order valence-electron chi connectivity index (χ0n) is 10.1. The van der Waals surface area contributed by atoms with Gasteiger partial charge in [-0.05, 0) is 42.5 Å². The van der Waals surface area contributed by atoms with Crippen molar-refractivity contribution in [1.82, 2.24) is 0 Å². The summed E-state index contributed by atoms with van der Waals surface area (Å²) in [5, 5.41) is 5.08. The number of carbonyl (C=O) groups is 1. The summed E-state index contributed by atoms with van der Waals surface area (Å²) in [5.41, 5.74) is 9.19. The number of halogens is 1. The van der Waals surface area contributed by atoms with Gasteiger partial charge in [0.15, 0.2) is 0 Å². The second-order valence-electron chi connectivity index (χ2n) is 4.08. The van der Waals surface area contributed by atoms with E-state index in [0.717, 1.165) is 11.1 Å². The molecule has 0 fully saturated rings. The molecular formula is C13H13ClN2OS. The van der Waals surface area contributed by atoms with E-state index < -0.39 is 0 Å². The van der Waals surface area contributed by atoms with Crippen LogP contribution in [0.5, 0.6) is 0 Å². The van der Waals surface area contributed by atoms with Crippen LogP contribution in [0.4, 0.5) is 11.4 Å². The Morgan fingerprint density at radius 1 is 1.33 bits per heavy atom. The highest BCUT2D eigenvalue weighted by molar-refractivity contribution is 7.12. The molecule has 0 saturated heterocycles. The first kappa shape index (κ1) is 12.9. The van der Waals surface area contributed by atoms with E-state index in [4.69, 9.17) is 17.3 Å². The molecule has 0 aliphatic heterocycles. The lowest BCUT2D eigenvalue weighted by Gasteiger charge is -2.10. The summed E-state index contributed by atoms with van der Waals surface area (Å²) >= 11 is 7.24. The van der Waals surface area contributed by atoms with Gasteiger partial charge in [0.1, 0.15) is 4.88 Å². The fourth-order valence-electron chi connectivity index (χ4n) is 1.64. The number of thiophene rings is 1. The van der Waals surface area contributed by atoms with Crippen LogP contribution in [0.2, 0.25) is 5.02 Å². The second kappa shape index (κ2) is 5.00. The van der Waals surface area contributed by atoms with Crippen molar-refractivity contribution < 1.29 is 4.79 Å². The molecule has 3 N–H and O–H groups in total. The van der Waals surface area contributed by atoms with Crippen LogP contribution in [0, 0.1) is 13.8 Å². The maximum atomic E-state index is 12.0. The van der Waals surface area contributed by atoms with Gasteiger partial charge in [0.25, 0.3) is 5.91 Å². The highest BCUT2D eigenvalue weighted by atomic mass is 35.5. The molecule has 1 aromatic carbocycles. The quantitative estimate of drug-likeness (QED) is 0.821. The topological polar surface area (TPSA) is 55.1 Å². The Bertz CT molecular complexity index is 607. The predicted molar refractivity (Wildman–Crippen MR) is 77.6 cm³/mol. The average Bonchev–Trinajstić information content (AvgIpc) is 2.72. The van der Waals surface area contributed by atoms with Crippen molar-refractivity contribution in [1.29, 1.82) is 0 Å². The third-order valence-electron chi connectivity index (χ3n) is 2.68. The first-order chi connectivity index (χ1) is 8.49. The van der Waals surface area contributed by atoms with Gasteiger partial charge in [0.05, 0.1) is 5.02 Å². The minimum atomic E-state index is -0.207. The van der Waals surface area contributed by atoms with Crippen LogP contribution in [0.15, 0.2) is 23.6 Å². The van der Waals surface area contributed by atoms with Gasteiger partial charge in [0, 0.05) is 11.4 Å². The molecule has 0 bridgehead atoms. The lowest BCUT2D eigenvalue weighted by Crippen LogP contribution is -2.12. The summed E-state index contributed by atoms with van der Waals surface area (Å²) < 4.78 is 0. The highest BCUT2D eigenvalue weighted by Gasteiger charge is 2.13. The summed E-state index contributed by atoms with van der Waals surface area (Å²) in [4.78, 5) is 12.5. The number of hydrogen-bond donors (Lipinski definition) is 2. The molecule has 5 heteroatoms.